The van der Waals surface area contributed by atoms with Crippen molar-refractivity contribution in [3.63, 3.8) is 0 Å². The highest BCUT2D eigenvalue weighted by atomic mass is 35.5. The molecule has 0 bridgehead atoms. The minimum Gasteiger partial charge on any atom is -0.494 e. The highest BCUT2D eigenvalue weighted by Gasteiger charge is 2.18. The number of ether oxygens (including phenoxy) is 1. The second kappa shape index (κ2) is 6.77. The van der Waals surface area contributed by atoms with E-state index in [1.165, 1.54) is 16.1 Å². The first kappa shape index (κ1) is 14.8. The van der Waals surface area contributed by atoms with Crippen LogP contribution in [0.5, 0.6) is 5.75 Å². The van der Waals surface area contributed by atoms with Gasteiger partial charge in [0.15, 0.2) is 0 Å². The first-order chi connectivity index (χ1) is 10.3. The van der Waals surface area contributed by atoms with Crippen molar-refractivity contribution in [3.05, 3.63) is 34.8 Å². The number of alkyl halides is 1. The molecule has 1 aliphatic heterocycles. The molecule has 112 valence electrons. The molecule has 0 aliphatic carbocycles. The standard InChI is InChI=1S/C16H19ClN2OS/c1-19-9-7-15-14(11-19)18-16(21-15)12-3-5-13(6-4-12)20-10-2-8-17/h3-6H,2,7-11H2,1H3. The largest absolute Gasteiger partial charge is 0.494 e. The van der Waals surface area contributed by atoms with Crippen LogP contribution in [0.3, 0.4) is 0 Å². The Labute approximate surface area is 134 Å². The van der Waals surface area contributed by atoms with Crippen molar-refractivity contribution in [2.24, 2.45) is 0 Å². The van der Waals surface area contributed by atoms with E-state index in [2.05, 4.69) is 24.1 Å². The molecule has 2 aromatic rings. The summed E-state index contributed by atoms with van der Waals surface area (Å²) in [7, 11) is 2.15. The Balaban J connectivity index is 1.72. The molecule has 3 nitrogen and oxygen atoms in total. The lowest BCUT2D eigenvalue weighted by atomic mass is 10.2. The molecular weight excluding hydrogens is 304 g/mol. The lowest BCUT2D eigenvalue weighted by Gasteiger charge is -2.20. The van der Waals surface area contributed by atoms with Gasteiger partial charge >= 0.3 is 0 Å². The van der Waals surface area contributed by atoms with Gasteiger partial charge in [0.1, 0.15) is 10.8 Å². The normalized spacial score (nSPS) is 15.0. The molecule has 2 heterocycles. The van der Waals surface area contributed by atoms with Crippen molar-refractivity contribution in [3.8, 4) is 16.3 Å². The quantitative estimate of drug-likeness (QED) is 0.618. The molecule has 1 aliphatic rings. The Bertz CT molecular complexity index is 597. The van der Waals surface area contributed by atoms with E-state index in [1.807, 2.05) is 23.5 Å². The van der Waals surface area contributed by atoms with Gasteiger partial charge in [-0.1, -0.05) is 0 Å². The van der Waals surface area contributed by atoms with E-state index in [4.69, 9.17) is 21.3 Å². The molecule has 0 unspecified atom stereocenters. The summed E-state index contributed by atoms with van der Waals surface area (Å²) in [5.41, 5.74) is 2.41. The van der Waals surface area contributed by atoms with Gasteiger partial charge in [-0.3, -0.25) is 0 Å². The predicted molar refractivity (Wildman–Crippen MR) is 88.4 cm³/mol. The predicted octanol–water partition coefficient (Wildman–Crippen LogP) is 3.81. The molecule has 1 aromatic carbocycles. The number of thiazole rings is 1. The highest BCUT2D eigenvalue weighted by Crippen LogP contribution is 2.32. The molecule has 5 heteroatoms. The van der Waals surface area contributed by atoms with Gasteiger partial charge in [-0.05, 0) is 44.2 Å². The second-order valence-electron chi connectivity index (χ2n) is 5.29. The zero-order valence-electron chi connectivity index (χ0n) is 12.1. The zero-order chi connectivity index (χ0) is 14.7. The first-order valence-corrected chi connectivity index (χ1v) is 8.57. The van der Waals surface area contributed by atoms with E-state index in [0.29, 0.717) is 12.5 Å². The van der Waals surface area contributed by atoms with Crippen LogP contribution in [-0.2, 0) is 13.0 Å². The number of hydrogen-bond acceptors (Lipinski definition) is 4. The molecule has 0 N–H and O–H groups in total. The van der Waals surface area contributed by atoms with Crippen LogP contribution >= 0.6 is 22.9 Å². The number of aromatic nitrogens is 1. The Morgan fingerprint density at radius 3 is 2.90 bits per heavy atom. The van der Waals surface area contributed by atoms with Crippen LogP contribution in [0.2, 0.25) is 0 Å². The molecular formula is C16H19ClN2OS. The van der Waals surface area contributed by atoms with Gasteiger partial charge in [0.2, 0.25) is 0 Å². The van der Waals surface area contributed by atoms with E-state index in [-0.39, 0.29) is 0 Å². The van der Waals surface area contributed by atoms with Crippen LogP contribution in [0, 0.1) is 0 Å². The second-order valence-corrected chi connectivity index (χ2v) is 6.75. The molecule has 21 heavy (non-hydrogen) atoms. The van der Waals surface area contributed by atoms with Crippen molar-refractivity contribution in [2.45, 2.75) is 19.4 Å². The molecule has 0 saturated heterocycles. The van der Waals surface area contributed by atoms with Crippen LogP contribution in [0.15, 0.2) is 24.3 Å². The minimum absolute atomic E-state index is 0.636. The van der Waals surface area contributed by atoms with E-state index in [0.717, 1.165) is 36.7 Å². The van der Waals surface area contributed by atoms with Crippen LogP contribution < -0.4 is 4.74 Å². The van der Waals surface area contributed by atoms with Gasteiger partial charge in [0, 0.05) is 29.4 Å². The summed E-state index contributed by atoms with van der Waals surface area (Å²) in [6.45, 7) is 2.76. The van der Waals surface area contributed by atoms with Crippen molar-refractivity contribution >= 4 is 22.9 Å². The van der Waals surface area contributed by atoms with Gasteiger partial charge in [0.25, 0.3) is 0 Å². The number of fused-ring (bicyclic) bond motifs is 1. The maximum absolute atomic E-state index is 5.64. The topological polar surface area (TPSA) is 25.4 Å². The number of benzene rings is 1. The smallest absolute Gasteiger partial charge is 0.123 e. The third-order valence-electron chi connectivity index (χ3n) is 3.57. The van der Waals surface area contributed by atoms with Crippen molar-refractivity contribution in [2.75, 3.05) is 26.1 Å². The maximum atomic E-state index is 5.64. The Hall–Kier alpha value is -1.10. The summed E-state index contributed by atoms with van der Waals surface area (Å²) in [6, 6.07) is 8.19. The fourth-order valence-corrected chi connectivity index (χ4v) is 3.56. The molecule has 0 fully saturated rings. The monoisotopic (exact) mass is 322 g/mol. The third-order valence-corrected chi connectivity index (χ3v) is 5.04. The van der Waals surface area contributed by atoms with Gasteiger partial charge in [-0.15, -0.1) is 22.9 Å². The molecule has 0 saturated carbocycles. The SMILES string of the molecule is CN1CCc2sc(-c3ccc(OCCCCl)cc3)nc2C1. The average molecular weight is 323 g/mol. The fraction of sp³-hybridized carbons (Fsp3) is 0.438. The van der Waals surface area contributed by atoms with Gasteiger partial charge in [-0.25, -0.2) is 4.98 Å². The summed E-state index contributed by atoms with van der Waals surface area (Å²) in [5.74, 6) is 1.53. The Morgan fingerprint density at radius 1 is 1.33 bits per heavy atom. The summed E-state index contributed by atoms with van der Waals surface area (Å²) < 4.78 is 5.62. The third kappa shape index (κ3) is 3.57. The summed E-state index contributed by atoms with van der Waals surface area (Å²) in [4.78, 5) is 8.55. The van der Waals surface area contributed by atoms with Crippen molar-refractivity contribution < 1.29 is 4.74 Å². The molecule has 0 atom stereocenters. The Morgan fingerprint density at radius 2 is 2.14 bits per heavy atom. The first-order valence-electron chi connectivity index (χ1n) is 7.22. The van der Waals surface area contributed by atoms with Crippen LogP contribution in [0.4, 0.5) is 0 Å². The fourth-order valence-electron chi connectivity index (χ4n) is 2.39. The lowest BCUT2D eigenvalue weighted by molar-refractivity contribution is 0.311. The van der Waals surface area contributed by atoms with Crippen molar-refractivity contribution in [1.82, 2.24) is 9.88 Å². The number of hydrogen-bond donors (Lipinski definition) is 0. The number of halogens is 1. The molecule has 0 radical (unpaired) electrons. The minimum atomic E-state index is 0.636. The summed E-state index contributed by atoms with van der Waals surface area (Å²) in [6.07, 6.45) is 1.99. The average Bonchev–Trinajstić information content (AvgIpc) is 2.91. The lowest BCUT2D eigenvalue weighted by Crippen LogP contribution is -2.25. The van der Waals surface area contributed by atoms with E-state index in [9.17, 15) is 0 Å². The van der Waals surface area contributed by atoms with Gasteiger partial charge in [-0.2, -0.15) is 0 Å². The van der Waals surface area contributed by atoms with Gasteiger partial charge < -0.3 is 9.64 Å². The van der Waals surface area contributed by atoms with Crippen LogP contribution in [0.1, 0.15) is 17.0 Å². The molecule has 0 amide bonds. The molecule has 3 rings (SSSR count). The van der Waals surface area contributed by atoms with E-state index >= 15 is 0 Å². The number of likely N-dealkylation sites (N-methyl/N-ethyl adjacent to an activating group) is 1. The molecule has 1 aromatic heterocycles. The van der Waals surface area contributed by atoms with E-state index in [1.54, 1.807) is 0 Å². The van der Waals surface area contributed by atoms with Crippen LogP contribution in [-0.4, -0.2) is 36.0 Å². The van der Waals surface area contributed by atoms with E-state index < -0.39 is 0 Å². The summed E-state index contributed by atoms with van der Waals surface area (Å²) in [5, 5.41) is 1.11. The summed E-state index contributed by atoms with van der Waals surface area (Å²) >= 11 is 7.46. The van der Waals surface area contributed by atoms with Crippen LogP contribution in [0.25, 0.3) is 10.6 Å². The molecule has 0 spiro atoms. The Kier molecular flexibility index (Phi) is 4.78. The van der Waals surface area contributed by atoms with Gasteiger partial charge in [0.05, 0.1) is 12.3 Å². The maximum Gasteiger partial charge on any atom is 0.123 e. The zero-order valence-corrected chi connectivity index (χ0v) is 13.7. The number of nitrogens with zero attached hydrogens (tertiary/aromatic N) is 2. The highest BCUT2D eigenvalue weighted by molar-refractivity contribution is 7.15. The van der Waals surface area contributed by atoms with Crippen molar-refractivity contribution in [1.29, 1.82) is 0 Å². The number of rotatable bonds is 5.